The molecule has 0 bridgehead atoms. The van der Waals surface area contributed by atoms with Gasteiger partial charge in [0.15, 0.2) is 0 Å². The molecule has 1 heterocycles. The summed E-state index contributed by atoms with van der Waals surface area (Å²) in [6, 6.07) is 11.2. The highest BCUT2D eigenvalue weighted by Gasteiger charge is 2.22. The second-order valence-electron chi connectivity index (χ2n) is 4.02. The van der Waals surface area contributed by atoms with Gasteiger partial charge in [-0.1, -0.05) is 12.1 Å². The fourth-order valence-corrected chi connectivity index (χ4v) is 2.83. The average molecular weight is 288 g/mol. The number of nitrogen functional groups attached to an aromatic ring is 1. The summed E-state index contributed by atoms with van der Waals surface area (Å²) in [6.07, 6.45) is 1.16. The topological polar surface area (TPSA) is 100 Å². The number of rotatable bonds is 3. The molecule has 0 radical (unpaired) electrons. The van der Waals surface area contributed by atoms with Gasteiger partial charge in [0.2, 0.25) is 0 Å². The fourth-order valence-electron chi connectivity index (χ4n) is 1.66. The molecule has 0 saturated heterocycles. The van der Waals surface area contributed by atoms with Crippen molar-refractivity contribution in [1.82, 2.24) is 4.98 Å². The normalized spacial score (nSPS) is 10.8. The number of sulfonamides is 1. The minimum Gasteiger partial charge on any atom is -0.397 e. The molecule has 7 heteroatoms. The third kappa shape index (κ3) is 2.41. The van der Waals surface area contributed by atoms with Crippen LogP contribution in [0.4, 0.5) is 11.4 Å². The predicted molar refractivity (Wildman–Crippen MR) is 75.4 cm³/mol. The Balaban J connectivity index is 2.44. The lowest BCUT2D eigenvalue weighted by Gasteiger charge is -2.20. The predicted octanol–water partition coefficient (Wildman–Crippen LogP) is 1.36. The summed E-state index contributed by atoms with van der Waals surface area (Å²) < 4.78 is 26.0. The number of para-hydroxylation sites is 2. The number of nitriles is 1. The molecule has 6 nitrogen and oxygen atoms in total. The van der Waals surface area contributed by atoms with Crippen LogP contribution in [0.15, 0.2) is 47.5 Å². The third-order valence-electron chi connectivity index (χ3n) is 2.79. The molecule has 1 aromatic heterocycles. The lowest BCUT2D eigenvalue weighted by molar-refractivity contribution is 0.594. The van der Waals surface area contributed by atoms with Crippen LogP contribution in [0.5, 0.6) is 0 Å². The summed E-state index contributed by atoms with van der Waals surface area (Å²) in [5.41, 5.74) is 6.68. The van der Waals surface area contributed by atoms with E-state index in [2.05, 4.69) is 4.98 Å². The first kappa shape index (κ1) is 13.8. The molecule has 0 aliphatic rings. The van der Waals surface area contributed by atoms with Crippen molar-refractivity contribution in [2.75, 3.05) is 17.1 Å². The molecule has 102 valence electrons. The van der Waals surface area contributed by atoms with Gasteiger partial charge in [-0.3, -0.25) is 4.31 Å². The van der Waals surface area contributed by atoms with Gasteiger partial charge in [-0.05, 0) is 24.3 Å². The molecule has 0 saturated carbocycles. The minimum atomic E-state index is -3.76. The van der Waals surface area contributed by atoms with Gasteiger partial charge in [-0.25, -0.2) is 13.4 Å². The highest BCUT2D eigenvalue weighted by Crippen LogP contribution is 2.26. The Morgan fingerprint density at radius 3 is 2.50 bits per heavy atom. The van der Waals surface area contributed by atoms with Gasteiger partial charge in [-0.15, -0.1) is 0 Å². The molecule has 2 N–H and O–H groups in total. The van der Waals surface area contributed by atoms with Gasteiger partial charge in [0, 0.05) is 13.2 Å². The van der Waals surface area contributed by atoms with Crippen LogP contribution in [0.2, 0.25) is 0 Å². The van der Waals surface area contributed by atoms with Crippen LogP contribution in [0.25, 0.3) is 0 Å². The standard InChI is InChI=1S/C13H12N4O2S/c1-17(13-5-3-2-4-12(13)15)20(18,19)11-7-6-10(8-14)16-9-11/h2-7,9H,15H2,1H3. The minimum absolute atomic E-state index is 0.00209. The summed E-state index contributed by atoms with van der Waals surface area (Å²) >= 11 is 0. The molecule has 2 rings (SSSR count). The van der Waals surface area contributed by atoms with Crippen LogP contribution >= 0.6 is 0 Å². The van der Waals surface area contributed by atoms with E-state index in [0.29, 0.717) is 11.4 Å². The lowest BCUT2D eigenvalue weighted by Crippen LogP contribution is -2.27. The summed E-state index contributed by atoms with van der Waals surface area (Å²) in [7, 11) is -2.34. The Bertz CT molecular complexity index is 764. The molecule has 0 atom stereocenters. The number of benzene rings is 1. The SMILES string of the molecule is CN(c1ccccc1N)S(=O)(=O)c1ccc(C#N)nc1. The Morgan fingerprint density at radius 1 is 1.25 bits per heavy atom. The van der Waals surface area contributed by atoms with Crippen LogP contribution in [0.1, 0.15) is 5.69 Å². The lowest BCUT2D eigenvalue weighted by atomic mass is 10.3. The van der Waals surface area contributed by atoms with Crippen molar-refractivity contribution in [1.29, 1.82) is 5.26 Å². The number of pyridine rings is 1. The van der Waals surface area contributed by atoms with Gasteiger partial charge >= 0.3 is 0 Å². The highest BCUT2D eigenvalue weighted by atomic mass is 32.2. The first-order valence-electron chi connectivity index (χ1n) is 5.66. The van der Waals surface area contributed by atoms with Gasteiger partial charge < -0.3 is 5.73 Å². The van der Waals surface area contributed by atoms with Gasteiger partial charge in [-0.2, -0.15) is 5.26 Å². The first-order chi connectivity index (χ1) is 9.46. The Hall–Kier alpha value is -2.59. The van der Waals surface area contributed by atoms with Gasteiger partial charge in [0.25, 0.3) is 10.0 Å². The van der Waals surface area contributed by atoms with Crippen molar-refractivity contribution in [3.8, 4) is 6.07 Å². The van der Waals surface area contributed by atoms with E-state index in [9.17, 15) is 8.42 Å². The zero-order chi connectivity index (χ0) is 14.8. The second kappa shape index (κ2) is 5.19. The summed E-state index contributed by atoms with van der Waals surface area (Å²) in [4.78, 5) is 3.77. The van der Waals surface area contributed by atoms with Crippen molar-refractivity contribution < 1.29 is 8.42 Å². The maximum Gasteiger partial charge on any atom is 0.265 e. The maximum atomic E-state index is 12.4. The van der Waals surface area contributed by atoms with Crippen molar-refractivity contribution in [3.05, 3.63) is 48.3 Å². The molecule has 0 spiro atoms. The second-order valence-corrected chi connectivity index (χ2v) is 5.99. The van der Waals surface area contributed by atoms with E-state index < -0.39 is 10.0 Å². The highest BCUT2D eigenvalue weighted by molar-refractivity contribution is 7.92. The Kier molecular flexibility index (Phi) is 3.59. The smallest absolute Gasteiger partial charge is 0.265 e. The van der Waals surface area contributed by atoms with E-state index in [0.717, 1.165) is 10.5 Å². The molecule has 2 aromatic rings. The van der Waals surface area contributed by atoms with E-state index in [1.54, 1.807) is 24.3 Å². The van der Waals surface area contributed by atoms with E-state index in [1.807, 2.05) is 6.07 Å². The Morgan fingerprint density at radius 2 is 1.95 bits per heavy atom. The molecule has 0 aliphatic heterocycles. The quantitative estimate of drug-likeness (QED) is 0.859. The van der Waals surface area contributed by atoms with Crippen LogP contribution in [0.3, 0.4) is 0 Å². The largest absolute Gasteiger partial charge is 0.397 e. The molecule has 0 unspecified atom stereocenters. The zero-order valence-electron chi connectivity index (χ0n) is 10.7. The van der Waals surface area contributed by atoms with Crippen molar-refractivity contribution in [3.63, 3.8) is 0 Å². The number of nitrogens with two attached hydrogens (primary N) is 1. The first-order valence-corrected chi connectivity index (χ1v) is 7.10. The molecular weight excluding hydrogens is 276 g/mol. The van der Waals surface area contributed by atoms with Crippen LogP contribution in [-0.4, -0.2) is 20.4 Å². The van der Waals surface area contributed by atoms with E-state index in [1.165, 1.54) is 19.2 Å². The van der Waals surface area contributed by atoms with Crippen molar-refractivity contribution in [2.45, 2.75) is 4.90 Å². The number of aromatic nitrogens is 1. The molecular formula is C13H12N4O2S. The Labute approximate surface area is 117 Å². The third-order valence-corrected chi connectivity index (χ3v) is 4.54. The summed E-state index contributed by atoms with van der Waals surface area (Å²) in [5, 5.41) is 8.67. The van der Waals surface area contributed by atoms with E-state index in [-0.39, 0.29) is 10.6 Å². The van der Waals surface area contributed by atoms with Gasteiger partial charge in [0.05, 0.1) is 11.4 Å². The number of hydrogen-bond donors (Lipinski definition) is 1. The van der Waals surface area contributed by atoms with Crippen LogP contribution < -0.4 is 10.0 Å². The summed E-state index contributed by atoms with van der Waals surface area (Å²) in [6.45, 7) is 0. The number of nitrogens with zero attached hydrogens (tertiary/aromatic N) is 3. The summed E-state index contributed by atoms with van der Waals surface area (Å²) in [5.74, 6) is 0. The number of hydrogen-bond acceptors (Lipinski definition) is 5. The average Bonchev–Trinajstić information content (AvgIpc) is 2.47. The number of anilines is 2. The molecule has 0 fully saturated rings. The van der Waals surface area contributed by atoms with Crippen molar-refractivity contribution >= 4 is 21.4 Å². The van der Waals surface area contributed by atoms with Crippen molar-refractivity contribution in [2.24, 2.45) is 0 Å². The molecule has 20 heavy (non-hydrogen) atoms. The maximum absolute atomic E-state index is 12.4. The molecule has 0 aliphatic carbocycles. The fraction of sp³-hybridized carbons (Fsp3) is 0.0769. The molecule has 0 amide bonds. The zero-order valence-corrected chi connectivity index (χ0v) is 11.5. The monoisotopic (exact) mass is 288 g/mol. The van der Waals surface area contributed by atoms with Gasteiger partial charge in [0.1, 0.15) is 16.7 Å². The van der Waals surface area contributed by atoms with Crippen LogP contribution in [-0.2, 0) is 10.0 Å². The van der Waals surface area contributed by atoms with E-state index in [4.69, 9.17) is 11.0 Å². The van der Waals surface area contributed by atoms with Crippen LogP contribution in [0, 0.1) is 11.3 Å². The molecule has 1 aromatic carbocycles. The van der Waals surface area contributed by atoms with E-state index >= 15 is 0 Å².